The highest BCUT2D eigenvalue weighted by Crippen LogP contribution is 2.21. The number of rotatable bonds is 5. The van der Waals surface area contributed by atoms with Crippen molar-refractivity contribution in [2.45, 2.75) is 37.7 Å². The van der Waals surface area contributed by atoms with Gasteiger partial charge in [-0.25, -0.2) is 13.2 Å². The molecule has 0 bridgehead atoms. The van der Waals surface area contributed by atoms with Crippen LogP contribution in [0.2, 0.25) is 0 Å². The summed E-state index contributed by atoms with van der Waals surface area (Å²) in [5.74, 6) is -1.39. The van der Waals surface area contributed by atoms with Gasteiger partial charge in [-0.05, 0) is 44.9 Å². The van der Waals surface area contributed by atoms with Crippen LogP contribution < -0.4 is 0 Å². The van der Waals surface area contributed by atoms with Crippen molar-refractivity contribution in [3.05, 3.63) is 29.3 Å². The van der Waals surface area contributed by atoms with E-state index in [2.05, 4.69) is 0 Å². The van der Waals surface area contributed by atoms with Crippen LogP contribution in [-0.2, 0) is 9.84 Å². The van der Waals surface area contributed by atoms with Crippen LogP contribution in [0.15, 0.2) is 23.1 Å². The highest BCUT2D eigenvalue weighted by atomic mass is 32.2. The second-order valence-electron chi connectivity index (χ2n) is 5.17. The molecule has 5 nitrogen and oxygen atoms in total. The van der Waals surface area contributed by atoms with Gasteiger partial charge in [0.25, 0.3) is 0 Å². The Balaban J connectivity index is 3.14. The standard InChI is InChI=1S/C13H18O5S/c1-9-4-5-10(12(14)15)8-11(9)19(17,18)7-6-13(2,3)16/h4-5,8,16H,6-7H2,1-3H3,(H,14,15). The highest BCUT2D eigenvalue weighted by Gasteiger charge is 2.23. The summed E-state index contributed by atoms with van der Waals surface area (Å²) >= 11 is 0. The summed E-state index contributed by atoms with van der Waals surface area (Å²) in [4.78, 5) is 10.9. The van der Waals surface area contributed by atoms with E-state index < -0.39 is 21.4 Å². The molecule has 0 aromatic heterocycles. The van der Waals surface area contributed by atoms with Crippen LogP contribution in [-0.4, -0.2) is 36.0 Å². The first-order chi connectivity index (χ1) is 8.53. The number of aromatic carboxylic acids is 1. The Hall–Kier alpha value is -1.40. The minimum Gasteiger partial charge on any atom is -0.478 e. The molecule has 106 valence electrons. The Morgan fingerprint density at radius 2 is 1.89 bits per heavy atom. The Labute approximate surface area is 112 Å². The Kier molecular flexibility index (Phi) is 4.37. The molecule has 1 aromatic carbocycles. The van der Waals surface area contributed by atoms with Crippen molar-refractivity contribution < 1.29 is 23.4 Å². The monoisotopic (exact) mass is 286 g/mol. The largest absolute Gasteiger partial charge is 0.478 e. The molecule has 6 heteroatoms. The van der Waals surface area contributed by atoms with E-state index in [-0.39, 0.29) is 22.6 Å². The smallest absolute Gasteiger partial charge is 0.335 e. The molecule has 0 unspecified atom stereocenters. The molecule has 1 aromatic rings. The van der Waals surface area contributed by atoms with E-state index in [0.717, 1.165) is 6.07 Å². The number of benzene rings is 1. The van der Waals surface area contributed by atoms with Gasteiger partial charge in [0.05, 0.1) is 21.8 Å². The topological polar surface area (TPSA) is 91.7 Å². The lowest BCUT2D eigenvalue weighted by atomic mass is 10.1. The summed E-state index contributed by atoms with van der Waals surface area (Å²) in [5, 5.41) is 18.5. The minimum absolute atomic E-state index is 0.0108. The predicted molar refractivity (Wildman–Crippen MR) is 71.1 cm³/mol. The van der Waals surface area contributed by atoms with E-state index in [9.17, 15) is 18.3 Å². The molecule has 0 fully saturated rings. The summed E-state index contributed by atoms with van der Waals surface area (Å²) < 4.78 is 24.3. The summed E-state index contributed by atoms with van der Waals surface area (Å²) in [6.45, 7) is 4.68. The Bertz CT molecular complexity index is 582. The van der Waals surface area contributed by atoms with Gasteiger partial charge in [0.2, 0.25) is 0 Å². The molecule has 0 aliphatic rings. The van der Waals surface area contributed by atoms with Crippen molar-refractivity contribution in [3.63, 3.8) is 0 Å². The molecule has 19 heavy (non-hydrogen) atoms. The third kappa shape index (κ3) is 4.33. The van der Waals surface area contributed by atoms with Gasteiger partial charge >= 0.3 is 5.97 Å². The van der Waals surface area contributed by atoms with Crippen LogP contribution in [0, 0.1) is 6.92 Å². The van der Waals surface area contributed by atoms with Gasteiger partial charge in [-0.1, -0.05) is 6.07 Å². The van der Waals surface area contributed by atoms with Crippen LogP contribution >= 0.6 is 0 Å². The van der Waals surface area contributed by atoms with E-state index in [0.29, 0.717) is 5.56 Å². The Morgan fingerprint density at radius 3 is 2.37 bits per heavy atom. The van der Waals surface area contributed by atoms with Gasteiger partial charge in [-0.15, -0.1) is 0 Å². The molecule has 0 saturated carbocycles. The van der Waals surface area contributed by atoms with Crippen LogP contribution in [0.3, 0.4) is 0 Å². The molecule has 0 aliphatic carbocycles. The number of aliphatic hydroxyl groups is 1. The molecule has 0 spiro atoms. The number of carboxylic acids is 1. The second-order valence-corrected chi connectivity index (χ2v) is 7.24. The van der Waals surface area contributed by atoms with Crippen molar-refractivity contribution in [1.29, 1.82) is 0 Å². The molecule has 0 amide bonds. The zero-order valence-electron chi connectivity index (χ0n) is 11.2. The molecule has 0 saturated heterocycles. The predicted octanol–water partition coefficient (Wildman–Crippen LogP) is 1.63. The van der Waals surface area contributed by atoms with Crippen molar-refractivity contribution in [3.8, 4) is 0 Å². The maximum atomic E-state index is 12.2. The third-order valence-electron chi connectivity index (χ3n) is 2.75. The first-order valence-corrected chi connectivity index (χ1v) is 7.47. The summed E-state index contributed by atoms with van der Waals surface area (Å²) in [5.41, 5.74) is -0.640. The normalized spacial score (nSPS) is 12.4. The van der Waals surface area contributed by atoms with E-state index in [4.69, 9.17) is 5.11 Å². The zero-order valence-corrected chi connectivity index (χ0v) is 12.0. The fourth-order valence-electron chi connectivity index (χ4n) is 1.56. The Morgan fingerprint density at radius 1 is 1.32 bits per heavy atom. The first-order valence-electron chi connectivity index (χ1n) is 5.82. The maximum Gasteiger partial charge on any atom is 0.335 e. The lowest BCUT2D eigenvalue weighted by Gasteiger charge is -2.17. The van der Waals surface area contributed by atoms with Gasteiger partial charge in [0.1, 0.15) is 0 Å². The van der Waals surface area contributed by atoms with E-state index in [1.54, 1.807) is 6.92 Å². The number of hydrogen-bond donors (Lipinski definition) is 2. The van der Waals surface area contributed by atoms with Crippen molar-refractivity contribution >= 4 is 15.8 Å². The van der Waals surface area contributed by atoms with Crippen LogP contribution in [0.5, 0.6) is 0 Å². The summed E-state index contributed by atoms with van der Waals surface area (Å²) in [6, 6.07) is 4.00. The van der Waals surface area contributed by atoms with Gasteiger partial charge in [-0.3, -0.25) is 0 Å². The van der Waals surface area contributed by atoms with Crippen LogP contribution in [0.25, 0.3) is 0 Å². The SMILES string of the molecule is Cc1ccc(C(=O)O)cc1S(=O)(=O)CCC(C)(C)O. The van der Waals surface area contributed by atoms with E-state index in [1.165, 1.54) is 26.0 Å². The molecular formula is C13H18O5S. The number of carbonyl (C=O) groups is 1. The molecule has 0 atom stereocenters. The molecule has 2 N–H and O–H groups in total. The molecule has 0 heterocycles. The lowest BCUT2D eigenvalue weighted by Crippen LogP contribution is -2.23. The minimum atomic E-state index is -3.60. The van der Waals surface area contributed by atoms with E-state index >= 15 is 0 Å². The maximum absolute atomic E-state index is 12.2. The number of sulfone groups is 1. The zero-order chi connectivity index (χ0) is 14.8. The average Bonchev–Trinajstić information content (AvgIpc) is 2.25. The molecule has 0 aliphatic heterocycles. The molecule has 1 rings (SSSR count). The van der Waals surface area contributed by atoms with Crippen LogP contribution in [0.4, 0.5) is 0 Å². The third-order valence-corrected chi connectivity index (χ3v) is 4.60. The van der Waals surface area contributed by atoms with Crippen molar-refractivity contribution in [2.75, 3.05) is 5.75 Å². The number of aryl methyl sites for hydroxylation is 1. The van der Waals surface area contributed by atoms with Crippen molar-refractivity contribution in [2.24, 2.45) is 0 Å². The van der Waals surface area contributed by atoms with Gasteiger partial charge in [0, 0.05) is 0 Å². The fraction of sp³-hybridized carbons (Fsp3) is 0.462. The van der Waals surface area contributed by atoms with Gasteiger partial charge in [0.15, 0.2) is 9.84 Å². The number of carboxylic acid groups (broad SMARTS) is 1. The first kappa shape index (κ1) is 15.7. The number of hydrogen-bond acceptors (Lipinski definition) is 4. The summed E-state index contributed by atoms with van der Waals surface area (Å²) in [6.07, 6.45) is 0.0894. The highest BCUT2D eigenvalue weighted by molar-refractivity contribution is 7.91. The van der Waals surface area contributed by atoms with E-state index in [1.807, 2.05) is 0 Å². The average molecular weight is 286 g/mol. The van der Waals surface area contributed by atoms with Crippen molar-refractivity contribution in [1.82, 2.24) is 0 Å². The summed E-state index contributed by atoms with van der Waals surface area (Å²) in [7, 11) is -3.60. The fourth-order valence-corrected chi connectivity index (χ4v) is 3.42. The van der Waals surface area contributed by atoms with Gasteiger partial charge < -0.3 is 10.2 Å². The molecular weight excluding hydrogens is 268 g/mol. The van der Waals surface area contributed by atoms with Gasteiger partial charge in [-0.2, -0.15) is 0 Å². The quantitative estimate of drug-likeness (QED) is 0.858. The second kappa shape index (κ2) is 5.30. The molecule has 0 radical (unpaired) electrons. The lowest BCUT2D eigenvalue weighted by molar-refractivity contribution is 0.0695. The van der Waals surface area contributed by atoms with Crippen LogP contribution in [0.1, 0.15) is 36.2 Å².